The Labute approximate surface area is 175 Å². The summed E-state index contributed by atoms with van der Waals surface area (Å²) in [6, 6.07) is 7.32. The van der Waals surface area contributed by atoms with E-state index in [4.69, 9.17) is 9.84 Å². The number of H-pyrrole nitrogens is 1. The number of pyridine rings is 1. The molecular formula is C23H26N6O. The van der Waals surface area contributed by atoms with E-state index in [0.29, 0.717) is 12.0 Å². The summed E-state index contributed by atoms with van der Waals surface area (Å²) in [5.74, 6) is 0.479. The first-order valence-electron chi connectivity index (χ1n) is 10.8. The van der Waals surface area contributed by atoms with E-state index >= 15 is 0 Å². The van der Waals surface area contributed by atoms with Crippen LogP contribution in [-0.4, -0.2) is 62.0 Å². The Morgan fingerprint density at radius 1 is 1.13 bits per heavy atom. The molecule has 2 fully saturated rings. The van der Waals surface area contributed by atoms with Crippen LogP contribution in [0.4, 0.5) is 0 Å². The van der Waals surface area contributed by atoms with Crippen LogP contribution in [0.5, 0.6) is 0 Å². The number of benzene rings is 1. The number of ether oxygens (including phenoxy) is 1. The van der Waals surface area contributed by atoms with E-state index in [1.165, 1.54) is 41.6 Å². The summed E-state index contributed by atoms with van der Waals surface area (Å²) in [5.41, 5.74) is 7.95. The highest BCUT2D eigenvalue weighted by Gasteiger charge is 2.32. The van der Waals surface area contributed by atoms with Gasteiger partial charge in [-0.3, -0.25) is 10.00 Å². The first-order chi connectivity index (χ1) is 14.7. The van der Waals surface area contributed by atoms with Gasteiger partial charge in [-0.05, 0) is 68.1 Å². The summed E-state index contributed by atoms with van der Waals surface area (Å²) < 4.78 is 7.27. The Morgan fingerprint density at radius 2 is 2.03 bits per heavy atom. The molecule has 30 heavy (non-hydrogen) atoms. The van der Waals surface area contributed by atoms with Gasteiger partial charge >= 0.3 is 0 Å². The second kappa shape index (κ2) is 6.89. The highest BCUT2D eigenvalue weighted by Crippen LogP contribution is 2.35. The smallest absolute Gasteiger partial charge is 0.158 e. The maximum atomic E-state index is 5.41. The van der Waals surface area contributed by atoms with Gasteiger partial charge in [0.15, 0.2) is 5.65 Å². The van der Waals surface area contributed by atoms with Crippen molar-refractivity contribution in [3.05, 3.63) is 47.5 Å². The molecule has 5 heterocycles. The van der Waals surface area contributed by atoms with Crippen LogP contribution in [0.3, 0.4) is 0 Å². The second-order valence-corrected chi connectivity index (χ2v) is 8.79. The number of hydrogen-bond donors (Lipinski definition) is 1. The normalized spacial score (nSPS) is 20.8. The van der Waals surface area contributed by atoms with Crippen molar-refractivity contribution < 1.29 is 4.74 Å². The van der Waals surface area contributed by atoms with Gasteiger partial charge < -0.3 is 4.74 Å². The van der Waals surface area contributed by atoms with Crippen molar-refractivity contribution >= 4 is 16.6 Å². The lowest BCUT2D eigenvalue weighted by Crippen LogP contribution is -2.52. The number of nitrogens with one attached hydrogen (secondary N) is 1. The van der Waals surface area contributed by atoms with Gasteiger partial charge in [0.2, 0.25) is 0 Å². The number of aromatic nitrogens is 5. The van der Waals surface area contributed by atoms with Gasteiger partial charge in [0.1, 0.15) is 6.33 Å². The fourth-order valence-corrected chi connectivity index (χ4v) is 5.05. The highest BCUT2D eigenvalue weighted by atomic mass is 16.5. The number of aromatic amines is 1. The molecule has 1 N–H and O–H groups in total. The maximum absolute atomic E-state index is 5.41. The first kappa shape index (κ1) is 18.0. The zero-order chi connectivity index (χ0) is 20.2. The topological polar surface area (TPSA) is 71.3 Å². The number of hydrogen-bond acceptors (Lipinski definition) is 5. The highest BCUT2D eigenvalue weighted by molar-refractivity contribution is 5.88. The van der Waals surface area contributed by atoms with Crippen molar-refractivity contribution in [2.24, 2.45) is 0 Å². The summed E-state index contributed by atoms with van der Waals surface area (Å²) in [4.78, 5) is 6.93. The zero-order valence-electron chi connectivity index (χ0n) is 17.4. The molecule has 1 atom stereocenters. The fraction of sp³-hybridized carbons (Fsp3) is 0.435. The molecule has 0 saturated carbocycles. The molecule has 0 spiro atoms. The third kappa shape index (κ3) is 2.84. The van der Waals surface area contributed by atoms with Crippen molar-refractivity contribution in [3.63, 3.8) is 0 Å². The van der Waals surface area contributed by atoms with Gasteiger partial charge in [-0.1, -0.05) is 0 Å². The molecule has 3 aromatic heterocycles. The number of aryl methyl sites for hydroxylation is 2. The third-order valence-electron chi connectivity index (χ3n) is 6.78. The molecule has 7 heteroatoms. The van der Waals surface area contributed by atoms with E-state index in [1.807, 2.05) is 4.52 Å². The summed E-state index contributed by atoms with van der Waals surface area (Å²) in [5, 5.41) is 13.7. The molecule has 0 aliphatic carbocycles. The van der Waals surface area contributed by atoms with Gasteiger partial charge in [-0.25, -0.2) is 9.50 Å². The molecule has 7 nitrogen and oxygen atoms in total. The lowest BCUT2D eigenvalue weighted by molar-refractivity contribution is -0.0722. The largest absolute Gasteiger partial charge is 0.378 e. The molecule has 0 amide bonds. The summed E-state index contributed by atoms with van der Waals surface area (Å²) >= 11 is 0. The van der Waals surface area contributed by atoms with Gasteiger partial charge in [0.05, 0.1) is 30.5 Å². The van der Waals surface area contributed by atoms with E-state index in [9.17, 15) is 0 Å². The summed E-state index contributed by atoms with van der Waals surface area (Å²) in [7, 11) is 0. The number of nitrogens with zero attached hydrogens (tertiary/aromatic N) is 5. The predicted molar refractivity (Wildman–Crippen MR) is 116 cm³/mol. The zero-order valence-corrected chi connectivity index (χ0v) is 17.4. The van der Waals surface area contributed by atoms with Crippen molar-refractivity contribution in [3.8, 4) is 11.1 Å². The van der Waals surface area contributed by atoms with Crippen LogP contribution in [0, 0.1) is 13.8 Å². The Morgan fingerprint density at radius 3 is 2.87 bits per heavy atom. The molecule has 1 unspecified atom stereocenters. The van der Waals surface area contributed by atoms with Crippen molar-refractivity contribution in [2.45, 2.75) is 38.6 Å². The minimum Gasteiger partial charge on any atom is -0.378 e. The van der Waals surface area contributed by atoms with Crippen LogP contribution in [0.15, 0.2) is 30.7 Å². The standard InChI is InChI=1S/C23H26N6O/c1-14-7-20-21(8-19(14)17-6-15(2)23-24-13-25-29(23)10-17)26-27-22(20)16-4-3-5-28(9-16)18-11-30-12-18/h6-8,10,13,16,18H,3-5,9,11-12H2,1-2H3,(H,26,27). The van der Waals surface area contributed by atoms with E-state index in [1.54, 1.807) is 6.33 Å². The Bertz CT molecular complexity index is 1240. The van der Waals surface area contributed by atoms with Gasteiger partial charge in [0, 0.05) is 29.6 Å². The van der Waals surface area contributed by atoms with Crippen LogP contribution in [0.1, 0.15) is 35.6 Å². The van der Waals surface area contributed by atoms with Gasteiger partial charge in [0.25, 0.3) is 0 Å². The first-order valence-corrected chi connectivity index (χ1v) is 10.8. The molecule has 1 aromatic carbocycles. The Kier molecular flexibility index (Phi) is 4.14. The van der Waals surface area contributed by atoms with Gasteiger partial charge in [-0.15, -0.1) is 0 Å². The van der Waals surface area contributed by atoms with E-state index < -0.39 is 0 Å². The van der Waals surface area contributed by atoms with Crippen molar-refractivity contribution in [1.29, 1.82) is 0 Å². The third-order valence-corrected chi connectivity index (χ3v) is 6.78. The minimum atomic E-state index is 0.479. The van der Waals surface area contributed by atoms with Crippen LogP contribution in [-0.2, 0) is 4.74 Å². The minimum absolute atomic E-state index is 0.479. The van der Waals surface area contributed by atoms with Crippen molar-refractivity contribution in [2.75, 3.05) is 26.3 Å². The molecule has 2 aliphatic rings. The monoisotopic (exact) mass is 402 g/mol. The predicted octanol–water partition coefficient (Wildman–Crippen LogP) is 3.47. The Balaban J connectivity index is 1.37. The van der Waals surface area contributed by atoms with Crippen LogP contribution < -0.4 is 0 Å². The number of piperidine rings is 1. The Hall–Kier alpha value is -2.77. The van der Waals surface area contributed by atoms with Gasteiger partial charge in [-0.2, -0.15) is 10.2 Å². The molecule has 2 aliphatic heterocycles. The SMILES string of the molecule is Cc1cc2c(C3CCCN(C4COC4)C3)n[nH]c2cc1-c1cc(C)c2ncnn2c1. The lowest BCUT2D eigenvalue weighted by Gasteiger charge is -2.41. The van der Waals surface area contributed by atoms with Crippen LogP contribution in [0.25, 0.3) is 27.7 Å². The summed E-state index contributed by atoms with van der Waals surface area (Å²) in [6.45, 7) is 8.29. The molecule has 0 radical (unpaired) electrons. The lowest BCUT2D eigenvalue weighted by atomic mass is 9.90. The average molecular weight is 403 g/mol. The average Bonchev–Trinajstić information content (AvgIpc) is 3.33. The van der Waals surface area contributed by atoms with Crippen LogP contribution in [0.2, 0.25) is 0 Å². The molecule has 2 saturated heterocycles. The molecule has 154 valence electrons. The fourth-order valence-electron chi connectivity index (χ4n) is 5.05. The molecular weight excluding hydrogens is 376 g/mol. The van der Waals surface area contributed by atoms with E-state index in [2.05, 4.69) is 58.3 Å². The number of likely N-dealkylation sites (tertiary alicyclic amines) is 1. The second-order valence-electron chi connectivity index (χ2n) is 8.79. The summed E-state index contributed by atoms with van der Waals surface area (Å²) in [6.07, 6.45) is 6.09. The molecule has 6 rings (SSSR count). The molecule has 0 bridgehead atoms. The van der Waals surface area contributed by atoms with Crippen LogP contribution >= 0.6 is 0 Å². The van der Waals surface area contributed by atoms with Crippen molar-refractivity contribution in [1.82, 2.24) is 29.7 Å². The molecule has 4 aromatic rings. The quantitative estimate of drug-likeness (QED) is 0.568. The van der Waals surface area contributed by atoms with E-state index in [0.717, 1.165) is 42.0 Å². The maximum Gasteiger partial charge on any atom is 0.158 e. The number of rotatable bonds is 3. The number of fused-ring (bicyclic) bond motifs is 2. The van der Waals surface area contributed by atoms with E-state index in [-0.39, 0.29) is 0 Å².